The van der Waals surface area contributed by atoms with Crippen LogP contribution in [0, 0.1) is 0 Å². The number of rotatable bonds is 7. The molecule has 1 amide bonds. The molecule has 130 valence electrons. The number of quaternary nitrogens is 1. The summed E-state index contributed by atoms with van der Waals surface area (Å²) in [6.07, 6.45) is 0. The molecule has 0 radical (unpaired) electrons. The van der Waals surface area contributed by atoms with Crippen LogP contribution >= 0.6 is 11.3 Å². The van der Waals surface area contributed by atoms with Crippen LogP contribution in [0.15, 0.2) is 41.8 Å². The van der Waals surface area contributed by atoms with E-state index < -0.39 is 0 Å². The van der Waals surface area contributed by atoms with Gasteiger partial charge in [-0.05, 0) is 43.7 Å². The number of hydrogen-bond donors (Lipinski definition) is 2. The lowest BCUT2D eigenvalue weighted by molar-refractivity contribution is -0.704. The normalized spacial score (nSPS) is 14.0. The standard InChI is InChI=1S/C20H28N2OS/c1-13(2)16-8-10-17(11-9-16)19(18-7-6-12-24-18)22-15(5)20(23)21-14(3)4/h6-15,19,22H,1-5H3,(H,21,23)/p+1/t15-,19-/m0/s1. The maximum absolute atomic E-state index is 12.3. The Morgan fingerprint density at radius 3 is 2.12 bits per heavy atom. The van der Waals surface area contributed by atoms with E-state index >= 15 is 0 Å². The molecule has 2 atom stereocenters. The summed E-state index contributed by atoms with van der Waals surface area (Å²) in [7, 11) is 0. The minimum absolute atomic E-state index is 0.0883. The highest BCUT2D eigenvalue weighted by atomic mass is 32.1. The third kappa shape index (κ3) is 4.92. The molecular weight excluding hydrogens is 316 g/mol. The van der Waals surface area contributed by atoms with Crippen molar-refractivity contribution in [2.24, 2.45) is 0 Å². The van der Waals surface area contributed by atoms with Gasteiger partial charge in [0.25, 0.3) is 5.91 Å². The molecular formula is C20H29N2OS+. The van der Waals surface area contributed by atoms with Crippen molar-refractivity contribution in [1.29, 1.82) is 0 Å². The molecule has 4 heteroatoms. The van der Waals surface area contributed by atoms with Crippen LogP contribution in [0.5, 0.6) is 0 Å². The van der Waals surface area contributed by atoms with Gasteiger partial charge in [-0.25, -0.2) is 0 Å². The van der Waals surface area contributed by atoms with E-state index in [4.69, 9.17) is 0 Å². The van der Waals surface area contributed by atoms with E-state index in [0.717, 1.165) is 0 Å². The zero-order valence-corrected chi connectivity index (χ0v) is 16.1. The third-order valence-electron chi connectivity index (χ3n) is 4.14. The number of nitrogens with one attached hydrogen (secondary N) is 1. The Morgan fingerprint density at radius 1 is 1.00 bits per heavy atom. The summed E-state index contributed by atoms with van der Waals surface area (Å²) < 4.78 is 0. The molecule has 0 saturated heterocycles. The largest absolute Gasteiger partial charge is 0.349 e. The van der Waals surface area contributed by atoms with Gasteiger partial charge >= 0.3 is 0 Å². The zero-order chi connectivity index (χ0) is 17.7. The van der Waals surface area contributed by atoms with Crippen molar-refractivity contribution in [2.45, 2.75) is 58.7 Å². The lowest BCUT2D eigenvalue weighted by Gasteiger charge is -2.20. The van der Waals surface area contributed by atoms with Crippen molar-refractivity contribution in [2.75, 3.05) is 0 Å². The van der Waals surface area contributed by atoms with Crippen molar-refractivity contribution >= 4 is 17.2 Å². The number of hydrogen-bond acceptors (Lipinski definition) is 2. The highest BCUT2D eigenvalue weighted by Gasteiger charge is 2.25. The summed E-state index contributed by atoms with van der Waals surface area (Å²) in [4.78, 5) is 13.6. The van der Waals surface area contributed by atoms with Crippen LogP contribution in [-0.2, 0) is 4.79 Å². The number of carbonyl (C=O) groups excluding carboxylic acids is 1. The summed E-state index contributed by atoms with van der Waals surface area (Å²) >= 11 is 1.74. The SMILES string of the molecule is CC(C)NC(=O)[C@H](C)[NH2+][C@@H](c1ccc(C(C)C)cc1)c1cccs1. The molecule has 0 unspecified atom stereocenters. The van der Waals surface area contributed by atoms with E-state index in [2.05, 4.69) is 66.3 Å². The molecule has 1 aromatic carbocycles. The summed E-state index contributed by atoms with van der Waals surface area (Å²) in [5.74, 6) is 0.615. The van der Waals surface area contributed by atoms with E-state index in [-0.39, 0.29) is 24.0 Å². The lowest BCUT2D eigenvalue weighted by atomic mass is 9.98. The Morgan fingerprint density at radius 2 is 1.62 bits per heavy atom. The predicted molar refractivity (Wildman–Crippen MR) is 101 cm³/mol. The van der Waals surface area contributed by atoms with Crippen LogP contribution in [0.4, 0.5) is 0 Å². The second-order valence-corrected chi connectivity index (χ2v) is 7.94. The maximum Gasteiger partial charge on any atom is 0.278 e. The van der Waals surface area contributed by atoms with Crippen LogP contribution < -0.4 is 10.6 Å². The van der Waals surface area contributed by atoms with Gasteiger partial charge in [-0.2, -0.15) is 0 Å². The van der Waals surface area contributed by atoms with Crippen molar-refractivity contribution in [3.8, 4) is 0 Å². The third-order valence-corrected chi connectivity index (χ3v) is 5.09. The van der Waals surface area contributed by atoms with Crippen molar-refractivity contribution in [1.82, 2.24) is 5.32 Å². The molecule has 2 rings (SSSR count). The van der Waals surface area contributed by atoms with Crippen LogP contribution in [0.2, 0.25) is 0 Å². The molecule has 0 saturated carbocycles. The van der Waals surface area contributed by atoms with Crippen LogP contribution in [0.1, 0.15) is 62.6 Å². The minimum atomic E-state index is -0.135. The molecule has 0 aliphatic heterocycles. The van der Waals surface area contributed by atoms with Crippen molar-refractivity contribution in [3.63, 3.8) is 0 Å². The van der Waals surface area contributed by atoms with Crippen LogP contribution in [0.3, 0.4) is 0 Å². The molecule has 0 spiro atoms. The maximum atomic E-state index is 12.3. The Kier molecular flexibility index (Phi) is 6.58. The van der Waals surface area contributed by atoms with Gasteiger partial charge in [0.15, 0.2) is 6.04 Å². The van der Waals surface area contributed by atoms with E-state index in [1.807, 2.05) is 20.8 Å². The zero-order valence-electron chi connectivity index (χ0n) is 15.2. The van der Waals surface area contributed by atoms with E-state index in [9.17, 15) is 4.79 Å². The molecule has 3 nitrogen and oxygen atoms in total. The van der Waals surface area contributed by atoms with Crippen LogP contribution in [0.25, 0.3) is 0 Å². The Bertz CT molecular complexity index is 632. The first-order chi connectivity index (χ1) is 11.4. The van der Waals surface area contributed by atoms with E-state index in [1.54, 1.807) is 11.3 Å². The highest BCUT2D eigenvalue weighted by Crippen LogP contribution is 2.24. The van der Waals surface area contributed by atoms with Gasteiger partial charge in [0.1, 0.15) is 6.04 Å². The quantitative estimate of drug-likeness (QED) is 0.793. The topological polar surface area (TPSA) is 45.7 Å². The van der Waals surface area contributed by atoms with Gasteiger partial charge in [-0.15, -0.1) is 11.3 Å². The number of amides is 1. The Balaban J connectivity index is 2.21. The van der Waals surface area contributed by atoms with Crippen molar-refractivity contribution < 1.29 is 10.1 Å². The van der Waals surface area contributed by atoms with Gasteiger partial charge in [0, 0.05) is 11.6 Å². The predicted octanol–water partition coefficient (Wildman–Crippen LogP) is 3.44. The molecule has 1 heterocycles. The molecule has 0 bridgehead atoms. The Hall–Kier alpha value is -1.65. The monoisotopic (exact) mass is 345 g/mol. The van der Waals surface area contributed by atoms with Gasteiger partial charge in [-0.1, -0.05) is 44.2 Å². The average molecular weight is 346 g/mol. The molecule has 2 aromatic rings. The summed E-state index contributed by atoms with van der Waals surface area (Å²) in [5.41, 5.74) is 2.58. The summed E-state index contributed by atoms with van der Waals surface area (Å²) in [5, 5.41) is 7.26. The number of thiophene rings is 1. The van der Waals surface area contributed by atoms with Crippen molar-refractivity contribution in [3.05, 3.63) is 57.8 Å². The lowest BCUT2D eigenvalue weighted by Crippen LogP contribution is -2.92. The smallest absolute Gasteiger partial charge is 0.278 e. The summed E-state index contributed by atoms with van der Waals surface area (Å²) in [6.45, 7) is 10.4. The van der Waals surface area contributed by atoms with Gasteiger partial charge in [0.05, 0.1) is 4.88 Å². The average Bonchev–Trinajstić information content (AvgIpc) is 3.06. The molecule has 0 fully saturated rings. The number of nitrogens with two attached hydrogens (primary N) is 1. The van der Waals surface area contributed by atoms with Gasteiger partial charge < -0.3 is 10.6 Å². The Labute approximate surface area is 149 Å². The minimum Gasteiger partial charge on any atom is -0.349 e. The molecule has 1 aromatic heterocycles. The fourth-order valence-corrected chi connectivity index (χ4v) is 3.55. The molecule has 24 heavy (non-hydrogen) atoms. The van der Waals surface area contributed by atoms with E-state index in [0.29, 0.717) is 5.92 Å². The summed E-state index contributed by atoms with van der Waals surface area (Å²) in [6, 6.07) is 13.2. The molecule has 0 aliphatic rings. The molecule has 3 N–H and O–H groups in total. The first kappa shape index (κ1) is 18.7. The van der Waals surface area contributed by atoms with Gasteiger partial charge in [-0.3, -0.25) is 4.79 Å². The fourth-order valence-electron chi connectivity index (χ4n) is 2.72. The van der Waals surface area contributed by atoms with Gasteiger partial charge in [0.2, 0.25) is 0 Å². The second kappa shape index (κ2) is 8.45. The number of benzene rings is 1. The fraction of sp³-hybridized carbons (Fsp3) is 0.450. The van der Waals surface area contributed by atoms with Crippen LogP contribution in [-0.4, -0.2) is 18.0 Å². The number of carbonyl (C=O) groups is 1. The molecule has 0 aliphatic carbocycles. The first-order valence-corrected chi connectivity index (χ1v) is 9.55. The first-order valence-electron chi connectivity index (χ1n) is 8.67. The van der Waals surface area contributed by atoms with E-state index in [1.165, 1.54) is 16.0 Å². The second-order valence-electron chi connectivity index (χ2n) is 6.96. The highest BCUT2D eigenvalue weighted by molar-refractivity contribution is 7.10.